The molecule has 376 valence electrons. The van der Waals surface area contributed by atoms with E-state index in [1.165, 1.54) is 6.92 Å². The van der Waals surface area contributed by atoms with Gasteiger partial charge in [0.25, 0.3) is 0 Å². The standard InChI is InChI=1S/C40H54O26S/c1-15(41)52-12-26-29(55-18(4)44)32(56-19(5)45)35(59-22(8)48)38(62-26)65-30-27(13-53-16(2)42)63-39(36(60-23(9)49)33(30)57-20(6)46)66-31-28(14-54-17(3)43)64-40(67-25(11)51)37(61-24(10)50)34(31)58-21(7)47/h26-40H,12-14H2,1-11H3/t26?,27?,28?,29-,30-,31-,32+,33+,34+,35?,36?,37?,38-,39-,40-/m1/s1. The fourth-order valence-corrected chi connectivity index (χ4v) is 7.88. The molecule has 15 atom stereocenters. The lowest BCUT2D eigenvalue weighted by atomic mass is 9.95. The van der Waals surface area contributed by atoms with Crippen LogP contribution in [-0.4, -0.2) is 176 Å². The molecule has 0 radical (unpaired) electrons. The molecule has 3 fully saturated rings. The molecule has 3 aliphatic heterocycles. The zero-order valence-electron chi connectivity index (χ0n) is 38.3. The lowest BCUT2D eigenvalue weighted by molar-refractivity contribution is -0.372. The second-order valence-electron chi connectivity index (χ2n) is 14.9. The van der Waals surface area contributed by atoms with Gasteiger partial charge in [-0.25, -0.2) is 0 Å². The molecule has 0 spiro atoms. The predicted molar refractivity (Wildman–Crippen MR) is 213 cm³/mol. The Morgan fingerprint density at radius 1 is 0.328 bits per heavy atom. The minimum absolute atomic E-state index is 0.531. The lowest BCUT2D eigenvalue weighted by Gasteiger charge is -2.50. The second kappa shape index (κ2) is 25.6. The molecule has 6 unspecified atom stereocenters. The minimum atomic E-state index is -2.02. The molecular formula is C40H54O26S. The van der Waals surface area contributed by atoms with Crippen LogP contribution in [0.4, 0.5) is 0 Å². The van der Waals surface area contributed by atoms with Crippen LogP contribution in [0, 0.1) is 0 Å². The second-order valence-corrected chi connectivity index (χ2v) is 16.1. The maximum atomic E-state index is 13.0. The van der Waals surface area contributed by atoms with Crippen LogP contribution < -0.4 is 0 Å². The summed E-state index contributed by atoms with van der Waals surface area (Å²) >= 11 is 0.531. The van der Waals surface area contributed by atoms with Crippen molar-refractivity contribution in [3.05, 3.63) is 0 Å². The largest absolute Gasteiger partial charge is 0.463 e. The third-order valence-electron chi connectivity index (χ3n) is 9.11. The summed E-state index contributed by atoms with van der Waals surface area (Å²) in [5.74, 6) is -9.51. The highest BCUT2D eigenvalue weighted by molar-refractivity contribution is 8.14. The van der Waals surface area contributed by atoms with Gasteiger partial charge in [-0.15, -0.1) is 0 Å². The zero-order valence-corrected chi connectivity index (χ0v) is 39.1. The maximum Gasteiger partial charge on any atom is 0.303 e. The molecule has 67 heavy (non-hydrogen) atoms. The predicted octanol–water partition coefficient (Wildman–Crippen LogP) is -0.578. The van der Waals surface area contributed by atoms with Gasteiger partial charge in [-0.2, -0.15) is 0 Å². The van der Waals surface area contributed by atoms with Crippen LogP contribution in [0.3, 0.4) is 0 Å². The van der Waals surface area contributed by atoms with Gasteiger partial charge < -0.3 is 71.1 Å². The Balaban J connectivity index is 2.31. The Labute approximate surface area is 387 Å². The molecule has 26 nitrogen and oxygen atoms in total. The van der Waals surface area contributed by atoms with Crippen molar-refractivity contribution in [1.82, 2.24) is 0 Å². The smallest absolute Gasteiger partial charge is 0.303 e. The summed E-state index contributed by atoms with van der Waals surface area (Å²) in [6, 6.07) is 0. The zero-order chi connectivity index (χ0) is 50.4. The van der Waals surface area contributed by atoms with Gasteiger partial charge in [-0.3, -0.25) is 52.7 Å². The highest BCUT2D eigenvalue weighted by Crippen LogP contribution is 2.39. The topological polar surface area (TPSA) is 326 Å². The first-order valence-corrected chi connectivity index (χ1v) is 21.2. The molecular weight excluding hydrogens is 928 g/mol. The average Bonchev–Trinajstić information content (AvgIpc) is 3.17. The first-order chi connectivity index (χ1) is 31.3. The van der Waals surface area contributed by atoms with E-state index >= 15 is 0 Å². The van der Waals surface area contributed by atoms with E-state index in [-0.39, 0.29) is 0 Å². The van der Waals surface area contributed by atoms with Crippen molar-refractivity contribution >= 4 is 76.6 Å². The molecule has 0 amide bonds. The number of ether oxygens (including phenoxy) is 15. The van der Waals surface area contributed by atoms with E-state index in [0.29, 0.717) is 11.8 Å². The molecule has 0 N–H and O–H groups in total. The van der Waals surface area contributed by atoms with Gasteiger partial charge >= 0.3 is 59.7 Å². The molecule has 0 aromatic carbocycles. The first kappa shape index (κ1) is 55.8. The fraction of sp³-hybridized carbons (Fsp3) is 0.725. The highest BCUT2D eigenvalue weighted by Gasteiger charge is 2.60. The van der Waals surface area contributed by atoms with Crippen LogP contribution in [0.5, 0.6) is 0 Å². The summed E-state index contributed by atoms with van der Waals surface area (Å²) in [4.78, 5) is 137. The summed E-state index contributed by atoms with van der Waals surface area (Å²) in [6.07, 6.45) is -24.9. The van der Waals surface area contributed by atoms with E-state index in [9.17, 15) is 52.7 Å². The Morgan fingerprint density at radius 3 is 0.925 bits per heavy atom. The number of esters is 10. The molecule has 3 rings (SSSR count). The molecule has 27 heteroatoms. The van der Waals surface area contributed by atoms with E-state index in [4.69, 9.17) is 71.1 Å². The molecule has 3 saturated heterocycles. The third kappa shape index (κ3) is 17.3. The van der Waals surface area contributed by atoms with Crippen LogP contribution in [0.15, 0.2) is 0 Å². The van der Waals surface area contributed by atoms with Crippen molar-refractivity contribution in [3.63, 3.8) is 0 Å². The number of carbonyl (C=O) groups excluding carboxylic acids is 11. The van der Waals surface area contributed by atoms with E-state index in [1.807, 2.05) is 0 Å². The summed E-state index contributed by atoms with van der Waals surface area (Å²) < 4.78 is 85.8. The number of hydrogen-bond donors (Lipinski definition) is 0. The van der Waals surface area contributed by atoms with Crippen molar-refractivity contribution in [2.75, 3.05) is 19.8 Å². The Hall–Kier alpha value is -5.48. The Morgan fingerprint density at radius 2 is 0.597 bits per heavy atom. The summed E-state index contributed by atoms with van der Waals surface area (Å²) in [5, 5.41) is -0.542. The maximum absolute atomic E-state index is 13.0. The molecule has 0 aliphatic carbocycles. The molecule has 3 heterocycles. The van der Waals surface area contributed by atoms with Crippen molar-refractivity contribution in [2.24, 2.45) is 0 Å². The highest BCUT2D eigenvalue weighted by atomic mass is 32.2. The number of thioether (sulfide) groups is 1. The van der Waals surface area contributed by atoms with E-state index in [2.05, 4.69) is 0 Å². The van der Waals surface area contributed by atoms with E-state index in [1.54, 1.807) is 0 Å². The van der Waals surface area contributed by atoms with Gasteiger partial charge in [0.05, 0.1) is 0 Å². The van der Waals surface area contributed by atoms with Crippen molar-refractivity contribution in [1.29, 1.82) is 0 Å². The van der Waals surface area contributed by atoms with Crippen LogP contribution in [-0.2, 0) is 124 Å². The molecule has 0 saturated carbocycles. The van der Waals surface area contributed by atoms with Gasteiger partial charge in [-0.1, -0.05) is 11.8 Å². The third-order valence-corrected chi connectivity index (χ3v) is 10.0. The Bertz CT molecular complexity index is 1850. The summed E-state index contributed by atoms with van der Waals surface area (Å²) in [7, 11) is 0. The van der Waals surface area contributed by atoms with Crippen molar-refractivity contribution < 1.29 is 124 Å². The normalized spacial score (nSPS) is 31.3. The van der Waals surface area contributed by atoms with Gasteiger partial charge in [0.1, 0.15) is 50.3 Å². The van der Waals surface area contributed by atoms with E-state index < -0.39 is 176 Å². The van der Waals surface area contributed by atoms with Crippen LogP contribution in [0.1, 0.15) is 76.2 Å². The quantitative estimate of drug-likeness (QED) is 0.122. The van der Waals surface area contributed by atoms with Gasteiger partial charge in [0.2, 0.25) is 0 Å². The minimum Gasteiger partial charge on any atom is -0.463 e. The fourth-order valence-electron chi connectivity index (χ4n) is 7.01. The van der Waals surface area contributed by atoms with E-state index in [0.717, 1.165) is 69.2 Å². The summed E-state index contributed by atoms with van der Waals surface area (Å²) in [5.41, 5.74) is -1.41. The number of hydrogen-bond acceptors (Lipinski definition) is 27. The van der Waals surface area contributed by atoms with Crippen molar-refractivity contribution in [2.45, 2.75) is 167 Å². The van der Waals surface area contributed by atoms with Crippen LogP contribution >= 0.6 is 11.8 Å². The number of carbonyl (C=O) groups is 11. The average molecular weight is 983 g/mol. The first-order valence-electron chi connectivity index (χ1n) is 20.3. The molecule has 3 aliphatic rings. The summed E-state index contributed by atoms with van der Waals surface area (Å²) in [6.45, 7) is 8.97. The lowest BCUT2D eigenvalue weighted by Crippen LogP contribution is -2.68. The molecule has 0 bridgehead atoms. The van der Waals surface area contributed by atoms with Gasteiger partial charge in [0.15, 0.2) is 65.9 Å². The SMILES string of the molecule is CC(=O)OCC1O[C@H](O[C@@H]2C(COC(C)=O)O[C@H](O[C@@H]3C(COC(C)=O)O[C@H](SC(C)=O)C(OC(C)=O)[C@H]3OC(C)=O)C(OC(C)=O)[C@H]2OC(C)=O)C(OC(C)=O)[C@@H](OC(C)=O)[C@@H]1OC(C)=O. The Kier molecular flexibility index (Phi) is 21.3. The van der Waals surface area contributed by atoms with Crippen LogP contribution in [0.25, 0.3) is 0 Å². The number of rotatable bonds is 18. The van der Waals surface area contributed by atoms with Gasteiger partial charge in [0, 0.05) is 76.2 Å². The molecule has 0 aromatic rings. The van der Waals surface area contributed by atoms with Gasteiger partial charge in [-0.05, 0) is 0 Å². The monoisotopic (exact) mass is 982 g/mol. The van der Waals surface area contributed by atoms with Crippen molar-refractivity contribution in [3.8, 4) is 0 Å². The van der Waals surface area contributed by atoms with Crippen LogP contribution in [0.2, 0.25) is 0 Å². The molecule has 0 aromatic heterocycles.